The molecule has 2 aliphatic rings. The predicted molar refractivity (Wildman–Crippen MR) is 116 cm³/mol. The number of anilines is 1. The van der Waals surface area contributed by atoms with Gasteiger partial charge in [0.1, 0.15) is 12.3 Å². The summed E-state index contributed by atoms with van der Waals surface area (Å²) in [5.41, 5.74) is 1.97. The van der Waals surface area contributed by atoms with Gasteiger partial charge in [0.05, 0.1) is 30.1 Å². The molecule has 4 heterocycles. The van der Waals surface area contributed by atoms with Crippen LogP contribution in [-0.2, 0) is 11.3 Å². The summed E-state index contributed by atoms with van der Waals surface area (Å²) < 4.78 is 38.9. The van der Waals surface area contributed by atoms with Gasteiger partial charge in [-0.05, 0) is 31.5 Å². The number of morpholine rings is 1. The van der Waals surface area contributed by atoms with E-state index in [0.29, 0.717) is 29.0 Å². The second-order valence-electron chi connectivity index (χ2n) is 8.15. The minimum absolute atomic E-state index is 0.0419. The van der Waals surface area contributed by atoms with Crippen molar-refractivity contribution in [1.82, 2.24) is 30.5 Å². The molecule has 1 aromatic carbocycles. The van der Waals surface area contributed by atoms with Gasteiger partial charge in [0.2, 0.25) is 5.88 Å². The number of halogens is 2. The first-order valence-electron chi connectivity index (χ1n) is 10.9. The van der Waals surface area contributed by atoms with E-state index in [0.717, 1.165) is 38.5 Å². The molecule has 2 aromatic heterocycles. The quantitative estimate of drug-likeness (QED) is 0.604. The monoisotopic (exact) mass is 457 g/mol. The number of ether oxygens (including phenoxy) is 2. The number of aromatic nitrogens is 5. The van der Waals surface area contributed by atoms with Crippen LogP contribution in [0.3, 0.4) is 0 Å². The van der Waals surface area contributed by atoms with Crippen LogP contribution >= 0.6 is 0 Å². The number of hydrogen-bond donors (Lipinski definition) is 1. The second-order valence-corrected chi connectivity index (χ2v) is 8.15. The Morgan fingerprint density at radius 2 is 2.00 bits per heavy atom. The summed E-state index contributed by atoms with van der Waals surface area (Å²) in [6.07, 6.45) is -1.30. The summed E-state index contributed by atoms with van der Waals surface area (Å²) in [5.74, 6) is 1.18. The molecular formula is C22H25F2N7O2. The molecule has 174 valence electrons. The van der Waals surface area contributed by atoms with Gasteiger partial charge in [0.15, 0.2) is 5.82 Å². The fourth-order valence-electron chi connectivity index (χ4n) is 4.20. The lowest BCUT2D eigenvalue weighted by Gasteiger charge is -2.41. The molecular weight excluding hydrogens is 432 g/mol. The van der Waals surface area contributed by atoms with Crippen LogP contribution in [0.2, 0.25) is 0 Å². The van der Waals surface area contributed by atoms with Crippen molar-refractivity contribution in [3.8, 4) is 11.6 Å². The number of nitrogens with zero attached hydrogens (tertiary/aromatic N) is 6. The molecule has 0 amide bonds. The number of rotatable bonds is 6. The minimum Gasteiger partial charge on any atom is -0.470 e. The van der Waals surface area contributed by atoms with Crippen LogP contribution in [0, 0.1) is 6.92 Å². The third-order valence-electron chi connectivity index (χ3n) is 6.04. The van der Waals surface area contributed by atoms with Crippen molar-refractivity contribution in [2.24, 2.45) is 0 Å². The van der Waals surface area contributed by atoms with E-state index in [9.17, 15) is 8.78 Å². The minimum atomic E-state index is -2.51. The van der Waals surface area contributed by atoms with E-state index in [2.05, 4.69) is 30.7 Å². The first kappa shape index (κ1) is 21.7. The molecule has 2 aliphatic heterocycles. The van der Waals surface area contributed by atoms with Crippen molar-refractivity contribution in [2.45, 2.75) is 38.5 Å². The zero-order chi connectivity index (χ0) is 22.8. The molecule has 2 saturated heterocycles. The number of aryl methyl sites for hydroxylation is 1. The molecule has 33 heavy (non-hydrogen) atoms. The Kier molecular flexibility index (Phi) is 6.14. The highest BCUT2D eigenvalue weighted by Crippen LogP contribution is 2.23. The van der Waals surface area contributed by atoms with Gasteiger partial charge >= 0.3 is 0 Å². The van der Waals surface area contributed by atoms with Crippen molar-refractivity contribution in [1.29, 1.82) is 0 Å². The number of hydrogen-bond acceptors (Lipinski definition) is 8. The zero-order valence-electron chi connectivity index (χ0n) is 18.2. The van der Waals surface area contributed by atoms with Crippen LogP contribution in [0.1, 0.15) is 29.8 Å². The maximum Gasteiger partial charge on any atom is 0.263 e. The first-order valence-corrected chi connectivity index (χ1v) is 10.9. The number of piperidine rings is 1. The van der Waals surface area contributed by atoms with Crippen molar-refractivity contribution in [3.05, 3.63) is 53.3 Å². The van der Waals surface area contributed by atoms with E-state index < -0.39 is 6.43 Å². The summed E-state index contributed by atoms with van der Waals surface area (Å²) in [4.78, 5) is 2.20. The molecule has 0 radical (unpaired) electrons. The highest BCUT2D eigenvalue weighted by molar-refractivity contribution is 5.40. The fourth-order valence-corrected chi connectivity index (χ4v) is 4.20. The molecule has 1 N–H and O–H groups in total. The maximum absolute atomic E-state index is 12.8. The highest BCUT2D eigenvalue weighted by atomic mass is 19.3. The van der Waals surface area contributed by atoms with Crippen LogP contribution in [0.15, 0.2) is 36.4 Å². The van der Waals surface area contributed by atoms with Crippen molar-refractivity contribution >= 4 is 5.82 Å². The molecule has 9 nitrogen and oxygen atoms in total. The number of fused-ring (bicyclic) bond motifs is 1. The van der Waals surface area contributed by atoms with Gasteiger partial charge in [-0.2, -0.15) is 0 Å². The summed E-state index contributed by atoms with van der Waals surface area (Å²) in [6, 6.07) is 9.92. The van der Waals surface area contributed by atoms with E-state index in [1.807, 2.05) is 13.0 Å². The van der Waals surface area contributed by atoms with E-state index in [1.165, 1.54) is 12.1 Å². The van der Waals surface area contributed by atoms with E-state index in [-0.39, 0.29) is 18.3 Å². The van der Waals surface area contributed by atoms with Gasteiger partial charge in [-0.15, -0.1) is 15.3 Å². The number of alkyl halides is 2. The summed E-state index contributed by atoms with van der Waals surface area (Å²) in [7, 11) is 0. The van der Waals surface area contributed by atoms with Crippen molar-refractivity contribution in [2.75, 3.05) is 31.1 Å². The Morgan fingerprint density at radius 1 is 1.15 bits per heavy atom. The Balaban J connectivity index is 1.24. The third kappa shape index (κ3) is 4.64. The molecule has 0 aliphatic carbocycles. The van der Waals surface area contributed by atoms with Crippen LogP contribution in [0.5, 0.6) is 5.88 Å². The lowest BCUT2D eigenvalue weighted by Crippen LogP contribution is -2.58. The van der Waals surface area contributed by atoms with E-state index in [4.69, 9.17) is 9.47 Å². The molecule has 5 rings (SSSR count). The van der Waals surface area contributed by atoms with E-state index in [1.54, 1.807) is 22.9 Å². The third-order valence-corrected chi connectivity index (χ3v) is 6.04. The fraction of sp³-hybridized carbons (Fsp3) is 0.455. The van der Waals surface area contributed by atoms with Gasteiger partial charge in [0.25, 0.3) is 6.43 Å². The maximum atomic E-state index is 12.8. The summed E-state index contributed by atoms with van der Waals surface area (Å²) in [6.45, 7) is 5.31. The first-order chi connectivity index (χ1) is 16.1. The molecule has 11 heteroatoms. The molecule has 2 atom stereocenters. The van der Waals surface area contributed by atoms with Crippen LogP contribution in [0.4, 0.5) is 14.6 Å². The van der Waals surface area contributed by atoms with Crippen molar-refractivity contribution in [3.63, 3.8) is 0 Å². The molecule has 2 unspecified atom stereocenters. The molecule has 0 spiro atoms. The molecule has 0 bridgehead atoms. The molecule has 0 saturated carbocycles. The Bertz CT molecular complexity index is 1080. The normalized spacial score (nSPS) is 20.7. The van der Waals surface area contributed by atoms with Crippen LogP contribution in [0.25, 0.3) is 5.69 Å². The topological polar surface area (TPSA) is 90.2 Å². The van der Waals surface area contributed by atoms with Gasteiger partial charge in [-0.3, -0.25) is 0 Å². The van der Waals surface area contributed by atoms with E-state index >= 15 is 0 Å². The van der Waals surface area contributed by atoms with Gasteiger partial charge < -0.3 is 19.7 Å². The largest absolute Gasteiger partial charge is 0.470 e. The Hall–Kier alpha value is -3.18. The van der Waals surface area contributed by atoms with Gasteiger partial charge in [-0.25, -0.2) is 13.5 Å². The van der Waals surface area contributed by atoms with Crippen LogP contribution < -0.4 is 15.0 Å². The lowest BCUT2D eigenvalue weighted by molar-refractivity contribution is -0.0136. The van der Waals surface area contributed by atoms with Gasteiger partial charge in [-0.1, -0.05) is 17.3 Å². The highest BCUT2D eigenvalue weighted by Gasteiger charge is 2.32. The Labute approximate surface area is 189 Å². The van der Waals surface area contributed by atoms with Crippen molar-refractivity contribution < 1.29 is 18.3 Å². The molecule has 3 aromatic rings. The predicted octanol–water partition coefficient (Wildman–Crippen LogP) is 2.45. The average molecular weight is 457 g/mol. The standard InChI is InChI=1S/C22H25F2N7O2/c1-14-18(31(29-26-14)16-4-2-15(3-5-16)22(23)24)13-33-21-7-6-20(27-28-21)30-10-8-19-17(12-30)25-9-11-32-19/h2-7,17,19,22,25H,8-13H2,1H3. The Morgan fingerprint density at radius 3 is 2.76 bits per heavy atom. The molecule has 2 fully saturated rings. The average Bonchev–Trinajstić information content (AvgIpc) is 3.23. The zero-order valence-corrected chi connectivity index (χ0v) is 18.2. The second kappa shape index (κ2) is 9.36. The smallest absolute Gasteiger partial charge is 0.263 e. The number of nitrogens with one attached hydrogen (secondary N) is 1. The lowest BCUT2D eigenvalue weighted by atomic mass is 10.0. The summed E-state index contributed by atoms with van der Waals surface area (Å²) in [5, 5.41) is 20.3. The SMILES string of the molecule is Cc1nnn(-c2ccc(C(F)F)cc2)c1COc1ccc(N2CCC3OCCNC3C2)nn1. The van der Waals surface area contributed by atoms with Crippen LogP contribution in [-0.4, -0.2) is 63.6 Å². The summed E-state index contributed by atoms with van der Waals surface area (Å²) >= 11 is 0. The van der Waals surface area contributed by atoms with Gasteiger partial charge in [0, 0.05) is 31.3 Å². The number of benzene rings is 1.